The quantitative estimate of drug-likeness (QED) is 0.299. The molecule has 43 heavy (non-hydrogen) atoms. The van der Waals surface area contributed by atoms with Crippen LogP contribution < -0.4 is 20.1 Å². The lowest BCUT2D eigenvalue weighted by atomic mass is 9.99. The third-order valence-corrected chi connectivity index (χ3v) is 7.98. The number of halogens is 4. The minimum absolute atomic E-state index is 0.0195. The van der Waals surface area contributed by atoms with E-state index in [1.165, 1.54) is 22.8 Å². The van der Waals surface area contributed by atoms with Crippen LogP contribution in [-0.4, -0.2) is 53.2 Å². The summed E-state index contributed by atoms with van der Waals surface area (Å²) in [5.41, 5.74) is -1.42. The number of aryl methyl sites for hydroxylation is 1. The van der Waals surface area contributed by atoms with Gasteiger partial charge in [0, 0.05) is 44.5 Å². The maximum absolute atomic E-state index is 14.7. The van der Waals surface area contributed by atoms with Gasteiger partial charge < -0.3 is 19.3 Å². The van der Waals surface area contributed by atoms with Gasteiger partial charge in [-0.15, -0.1) is 0 Å². The van der Waals surface area contributed by atoms with E-state index in [1.807, 2.05) is 29.1 Å². The molecule has 7 rings (SSSR count). The number of nitrogens with zero attached hydrogens (tertiary/aromatic N) is 7. The highest BCUT2D eigenvalue weighted by molar-refractivity contribution is 5.95. The Labute approximate surface area is 240 Å². The highest BCUT2D eigenvalue weighted by Gasteiger charge is 2.64. The molecule has 3 aliphatic heterocycles. The second kappa shape index (κ2) is 9.54. The number of hydrogen-bond acceptors (Lipinski definition) is 8. The van der Waals surface area contributed by atoms with E-state index in [0.29, 0.717) is 37.0 Å². The van der Waals surface area contributed by atoms with Gasteiger partial charge in [0.25, 0.3) is 5.91 Å². The number of pyridine rings is 1. The second-order valence-corrected chi connectivity index (χ2v) is 10.8. The Bertz CT molecular complexity index is 1820. The Morgan fingerprint density at radius 2 is 1.95 bits per heavy atom. The number of hydrogen-bond donors (Lipinski definition) is 0. The van der Waals surface area contributed by atoms with Gasteiger partial charge in [0.05, 0.1) is 24.8 Å². The number of likely N-dealkylation sites (tertiary alicyclic amines) is 1. The van der Waals surface area contributed by atoms with Crippen molar-refractivity contribution in [3.63, 3.8) is 0 Å². The number of ether oxygens (including phenoxy) is 2. The van der Waals surface area contributed by atoms with Crippen molar-refractivity contribution in [2.24, 2.45) is 7.05 Å². The summed E-state index contributed by atoms with van der Waals surface area (Å²) >= 11 is 0. The van der Waals surface area contributed by atoms with E-state index in [0.717, 1.165) is 18.0 Å². The van der Waals surface area contributed by atoms with E-state index in [-0.39, 0.29) is 42.5 Å². The van der Waals surface area contributed by atoms with Crippen molar-refractivity contribution in [1.29, 1.82) is 0 Å². The van der Waals surface area contributed by atoms with Crippen LogP contribution in [0.4, 0.5) is 23.4 Å². The van der Waals surface area contributed by atoms with Crippen molar-refractivity contribution in [3.05, 3.63) is 88.1 Å². The van der Waals surface area contributed by atoms with Crippen molar-refractivity contribution in [1.82, 2.24) is 29.2 Å². The van der Waals surface area contributed by atoms with Gasteiger partial charge in [-0.2, -0.15) is 23.3 Å². The van der Waals surface area contributed by atoms with Crippen molar-refractivity contribution in [3.8, 4) is 17.4 Å². The minimum Gasteiger partial charge on any atom is -0.473 e. The van der Waals surface area contributed by atoms with Gasteiger partial charge in [0.15, 0.2) is 11.6 Å². The molecule has 0 unspecified atom stereocenters. The fourth-order valence-corrected chi connectivity index (χ4v) is 6.06. The first kappa shape index (κ1) is 26.9. The molecule has 2 fully saturated rings. The van der Waals surface area contributed by atoms with Gasteiger partial charge in [-0.05, 0) is 29.8 Å². The molecular formula is C28H23F4N7O4. The number of amides is 1. The first-order chi connectivity index (χ1) is 20.5. The molecule has 6 heterocycles. The highest BCUT2D eigenvalue weighted by Crippen LogP contribution is 2.49. The molecule has 1 spiro atoms. The van der Waals surface area contributed by atoms with Crippen LogP contribution in [0.25, 0.3) is 0 Å². The molecule has 2 saturated heterocycles. The maximum atomic E-state index is 14.7. The molecule has 15 heteroatoms. The third kappa shape index (κ3) is 4.55. The minimum atomic E-state index is -4.67. The van der Waals surface area contributed by atoms with Crippen LogP contribution in [-0.2, 0) is 37.7 Å². The van der Waals surface area contributed by atoms with Crippen molar-refractivity contribution in [2.45, 2.75) is 43.9 Å². The highest BCUT2D eigenvalue weighted by atomic mass is 19.4. The summed E-state index contributed by atoms with van der Waals surface area (Å²) in [6.45, 7) is 0.994. The van der Waals surface area contributed by atoms with Crippen molar-refractivity contribution in [2.75, 3.05) is 11.4 Å². The third-order valence-electron chi connectivity index (χ3n) is 7.98. The summed E-state index contributed by atoms with van der Waals surface area (Å²) in [4.78, 5) is 37.5. The number of piperazine rings is 1. The molecular weight excluding hydrogens is 574 g/mol. The first-order valence-electron chi connectivity index (χ1n) is 13.3. The number of carbonyl (C=O) groups is 1. The van der Waals surface area contributed by atoms with Gasteiger partial charge in [0.1, 0.15) is 29.4 Å². The van der Waals surface area contributed by atoms with Crippen LogP contribution >= 0.6 is 0 Å². The Balaban J connectivity index is 1.04. The lowest BCUT2D eigenvalue weighted by Crippen LogP contribution is -2.56. The van der Waals surface area contributed by atoms with Gasteiger partial charge in [-0.25, -0.2) is 9.18 Å². The zero-order valence-corrected chi connectivity index (χ0v) is 22.6. The Morgan fingerprint density at radius 1 is 1.12 bits per heavy atom. The Morgan fingerprint density at radius 3 is 2.70 bits per heavy atom. The Kier molecular flexibility index (Phi) is 5.97. The number of benzene rings is 1. The van der Waals surface area contributed by atoms with Crippen molar-refractivity contribution < 1.29 is 31.8 Å². The lowest BCUT2D eigenvalue weighted by Gasteiger charge is -2.36. The number of carbonyl (C=O) groups excluding carboxylic acids is 1. The molecule has 1 amide bonds. The van der Waals surface area contributed by atoms with E-state index in [1.54, 1.807) is 10.7 Å². The maximum Gasteiger partial charge on any atom is 0.433 e. The molecule has 0 aliphatic carbocycles. The molecule has 3 aliphatic rings. The van der Waals surface area contributed by atoms with Gasteiger partial charge in [-0.1, -0.05) is 6.07 Å². The largest absolute Gasteiger partial charge is 0.473 e. The number of alkyl halides is 3. The summed E-state index contributed by atoms with van der Waals surface area (Å²) in [5, 5.41) is 4.38. The summed E-state index contributed by atoms with van der Waals surface area (Å²) in [6, 6.07) is 9.17. The number of rotatable bonds is 7. The second-order valence-electron chi connectivity index (χ2n) is 10.8. The zero-order chi connectivity index (χ0) is 30.1. The molecule has 222 valence electrons. The van der Waals surface area contributed by atoms with Crippen LogP contribution in [0, 0.1) is 5.82 Å². The molecule has 0 saturated carbocycles. The molecule has 3 aromatic heterocycles. The van der Waals surface area contributed by atoms with Crippen LogP contribution in [0.15, 0.2) is 59.7 Å². The summed E-state index contributed by atoms with van der Waals surface area (Å²) < 4.78 is 67.7. The molecule has 1 aromatic carbocycles. The van der Waals surface area contributed by atoms with Gasteiger partial charge >= 0.3 is 11.9 Å². The standard InChI is InChI=1S/C28H23F4N7O4/c1-36-7-5-17(35-36)12-37-18-11-27(25(37)40)15-38-24(39(27)13-18)10-23(34-26(38)41)42-14-16-2-3-21(20(29)8-16)43-19-4-6-33-22(9-19)28(30,31)32/h2-10,18H,11-15H2,1H3/t18-,27+/m0/s1. The van der Waals surface area contributed by atoms with E-state index in [9.17, 15) is 27.2 Å². The zero-order valence-electron chi connectivity index (χ0n) is 22.6. The lowest BCUT2D eigenvalue weighted by molar-refractivity contribution is -0.141. The summed E-state index contributed by atoms with van der Waals surface area (Å²) in [6.07, 6.45) is -1.33. The topological polar surface area (TPSA) is 108 Å². The molecule has 0 N–H and O–H groups in total. The van der Waals surface area contributed by atoms with Crippen LogP contribution in [0.2, 0.25) is 0 Å². The summed E-state index contributed by atoms with van der Waals surface area (Å²) in [7, 11) is 1.82. The monoisotopic (exact) mass is 597 g/mol. The fraction of sp³-hybridized carbons (Fsp3) is 0.321. The SMILES string of the molecule is Cn1ccc(CN2C(=O)[C@]34C[C@H]2CN3c2cc(OCc3ccc(Oc5ccnc(C(F)(F)F)c5)c(F)c3)nc(=O)n2C4)n1. The summed E-state index contributed by atoms with van der Waals surface area (Å²) in [5.74, 6) is -0.829. The normalized spacial score (nSPS) is 20.5. The molecule has 2 atom stereocenters. The smallest absolute Gasteiger partial charge is 0.433 e. The average Bonchev–Trinajstić information content (AvgIpc) is 3.69. The molecule has 11 nitrogen and oxygen atoms in total. The molecule has 4 aromatic rings. The van der Waals surface area contributed by atoms with Crippen LogP contribution in [0.3, 0.4) is 0 Å². The Hall–Kier alpha value is -4.95. The molecule has 2 bridgehead atoms. The predicted molar refractivity (Wildman–Crippen MR) is 141 cm³/mol. The molecule has 0 radical (unpaired) electrons. The number of aromatic nitrogens is 5. The van der Waals surface area contributed by atoms with E-state index < -0.39 is 28.9 Å². The average molecular weight is 598 g/mol. The van der Waals surface area contributed by atoms with Crippen LogP contribution in [0.5, 0.6) is 17.4 Å². The number of anilines is 1. The van der Waals surface area contributed by atoms with Crippen LogP contribution in [0.1, 0.15) is 23.4 Å². The van der Waals surface area contributed by atoms with Gasteiger partial charge in [0.2, 0.25) is 5.88 Å². The predicted octanol–water partition coefficient (Wildman–Crippen LogP) is 3.27. The van der Waals surface area contributed by atoms with Crippen molar-refractivity contribution >= 4 is 11.7 Å². The van der Waals surface area contributed by atoms with E-state index >= 15 is 0 Å². The first-order valence-corrected chi connectivity index (χ1v) is 13.3. The van der Waals surface area contributed by atoms with E-state index in [4.69, 9.17) is 9.47 Å². The van der Waals surface area contributed by atoms with E-state index in [2.05, 4.69) is 15.1 Å². The number of fused-ring (bicyclic) bond motifs is 3. The van der Waals surface area contributed by atoms with Gasteiger partial charge in [-0.3, -0.25) is 19.0 Å². The fourth-order valence-electron chi connectivity index (χ4n) is 6.06.